The maximum atomic E-state index is 4.21. The van der Waals surface area contributed by atoms with Crippen LogP contribution in [0.15, 0.2) is 35.3 Å². The van der Waals surface area contributed by atoms with Gasteiger partial charge in [-0.25, -0.2) is 0 Å². The van der Waals surface area contributed by atoms with Gasteiger partial charge in [-0.3, -0.25) is 4.99 Å². The molecular formula is C15H27IN4. The number of aliphatic imine (C=N–C) groups is 1. The van der Waals surface area contributed by atoms with E-state index in [9.17, 15) is 0 Å². The first-order valence-electron chi connectivity index (χ1n) is 6.84. The largest absolute Gasteiger partial charge is 0.373 e. The van der Waals surface area contributed by atoms with Gasteiger partial charge in [-0.1, -0.05) is 32.0 Å². The minimum Gasteiger partial charge on any atom is -0.373 e. The van der Waals surface area contributed by atoms with Crippen molar-refractivity contribution in [1.29, 1.82) is 0 Å². The monoisotopic (exact) mass is 390 g/mol. The second-order valence-electron chi connectivity index (χ2n) is 5.03. The topological polar surface area (TPSA) is 39.7 Å². The zero-order chi connectivity index (χ0) is 14.1. The van der Waals surface area contributed by atoms with Gasteiger partial charge in [0.2, 0.25) is 0 Å². The molecule has 0 amide bonds. The molecular weight excluding hydrogens is 363 g/mol. The van der Waals surface area contributed by atoms with Crippen molar-refractivity contribution in [1.82, 2.24) is 10.6 Å². The van der Waals surface area contributed by atoms with Crippen molar-refractivity contribution in [3.8, 4) is 0 Å². The first kappa shape index (κ1) is 19.0. The zero-order valence-corrected chi connectivity index (χ0v) is 15.2. The number of guanidine groups is 1. The molecule has 1 aromatic rings. The molecule has 0 spiro atoms. The highest BCUT2D eigenvalue weighted by Crippen LogP contribution is 2.09. The number of hydrogen-bond acceptors (Lipinski definition) is 2. The molecule has 0 heterocycles. The number of rotatable bonds is 6. The summed E-state index contributed by atoms with van der Waals surface area (Å²) < 4.78 is 0. The number of para-hydroxylation sites is 1. The van der Waals surface area contributed by atoms with Gasteiger partial charge in [0.15, 0.2) is 5.96 Å². The number of nitrogens with one attached hydrogen (secondary N) is 2. The standard InChI is InChI=1S/C15H26N4.HI/c1-13(2)12-18-15(16-3)17-10-11-19(4)14-8-6-5-7-9-14;/h5-9,13H,10-12H2,1-4H3,(H2,16,17,18);1H. The van der Waals surface area contributed by atoms with Crippen LogP contribution in [0.3, 0.4) is 0 Å². The summed E-state index contributed by atoms with van der Waals surface area (Å²) in [6.45, 7) is 7.11. The van der Waals surface area contributed by atoms with Crippen molar-refractivity contribution in [2.45, 2.75) is 13.8 Å². The van der Waals surface area contributed by atoms with Crippen LogP contribution >= 0.6 is 24.0 Å². The average molecular weight is 390 g/mol. The van der Waals surface area contributed by atoms with Crippen molar-refractivity contribution < 1.29 is 0 Å². The molecule has 0 aliphatic rings. The van der Waals surface area contributed by atoms with Crippen LogP contribution in [0.2, 0.25) is 0 Å². The lowest BCUT2D eigenvalue weighted by atomic mass is 10.2. The lowest BCUT2D eigenvalue weighted by Crippen LogP contribution is -2.42. The summed E-state index contributed by atoms with van der Waals surface area (Å²) in [5.41, 5.74) is 1.23. The van der Waals surface area contributed by atoms with Gasteiger partial charge in [-0.2, -0.15) is 0 Å². The molecule has 4 nitrogen and oxygen atoms in total. The van der Waals surface area contributed by atoms with Crippen LogP contribution in [0.4, 0.5) is 5.69 Å². The highest BCUT2D eigenvalue weighted by Gasteiger charge is 2.01. The smallest absolute Gasteiger partial charge is 0.191 e. The fraction of sp³-hybridized carbons (Fsp3) is 0.533. The van der Waals surface area contributed by atoms with Gasteiger partial charge in [-0.05, 0) is 18.1 Å². The second kappa shape index (κ2) is 10.8. The van der Waals surface area contributed by atoms with Crippen molar-refractivity contribution in [2.24, 2.45) is 10.9 Å². The molecule has 0 aliphatic carbocycles. The van der Waals surface area contributed by atoms with E-state index in [1.807, 2.05) is 6.07 Å². The molecule has 5 heteroatoms. The number of likely N-dealkylation sites (N-methyl/N-ethyl adjacent to an activating group) is 1. The van der Waals surface area contributed by atoms with Gasteiger partial charge < -0.3 is 15.5 Å². The molecule has 0 aliphatic heterocycles. The summed E-state index contributed by atoms with van der Waals surface area (Å²) in [6.07, 6.45) is 0. The molecule has 0 radical (unpaired) electrons. The van der Waals surface area contributed by atoms with E-state index >= 15 is 0 Å². The summed E-state index contributed by atoms with van der Waals surface area (Å²) in [6, 6.07) is 10.4. The number of hydrogen-bond donors (Lipinski definition) is 2. The summed E-state index contributed by atoms with van der Waals surface area (Å²) in [7, 11) is 3.90. The quantitative estimate of drug-likeness (QED) is 0.446. The molecule has 114 valence electrons. The molecule has 0 fully saturated rings. The molecule has 0 saturated heterocycles. The summed E-state index contributed by atoms with van der Waals surface area (Å²) >= 11 is 0. The zero-order valence-electron chi connectivity index (χ0n) is 12.9. The highest BCUT2D eigenvalue weighted by atomic mass is 127. The Hall–Kier alpha value is -0.980. The van der Waals surface area contributed by atoms with Gasteiger partial charge in [-0.15, -0.1) is 24.0 Å². The first-order chi connectivity index (χ1) is 9.13. The summed E-state index contributed by atoms with van der Waals surface area (Å²) in [4.78, 5) is 6.43. The van der Waals surface area contributed by atoms with E-state index in [1.165, 1.54) is 5.69 Å². The van der Waals surface area contributed by atoms with E-state index < -0.39 is 0 Å². The average Bonchev–Trinajstić information content (AvgIpc) is 2.43. The van der Waals surface area contributed by atoms with E-state index in [0.717, 1.165) is 25.6 Å². The molecule has 2 N–H and O–H groups in total. The molecule has 0 bridgehead atoms. The fourth-order valence-corrected chi connectivity index (χ4v) is 1.67. The van der Waals surface area contributed by atoms with Crippen LogP contribution in [-0.2, 0) is 0 Å². The molecule has 0 atom stereocenters. The van der Waals surface area contributed by atoms with Crippen molar-refractivity contribution >= 4 is 35.6 Å². The lowest BCUT2D eigenvalue weighted by Gasteiger charge is -2.20. The molecule has 0 aromatic heterocycles. The van der Waals surface area contributed by atoms with E-state index in [-0.39, 0.29) is 24.0 Å². The Kier molecular flexibility index (Phi) is 10.2. The Morgan fingerprint density at radius 1 is 1.20 bits per heavy atom. The van der Waals surface area contributed by atoms with Gasteiger partial charge in [0.25, 0.3) is 0 Å². The highest BCUT2D eigenvalue weighted by molar-refractivity contribution is 14.0. The molecule has 0 saturated carbocycles. The van der Waals surface area contributed by atoms with E-state index in [2.05, 4.69) is 65.7 Å². The molecule has 20 heavy (non-hydrogen) atoms. The third-order valence-electron chi connectivity index (χ3n) is 2.84. The van der Waals surface area contributed by atoms with Gasteiger partial charge in [0, 0.05) is 39.4 Å². The minimum atomic E-state index is 0. The fourth-order valence-electron chi connectivity index (χ4n) is 1.67. The van der Waals surface area contributed by atoms with Crippen LogP contribution in [0, 0.1) is 5.92 Å². The third kappa shape index (κ3) is 7.57. The SMILES string of the molecule is CN=C(NCCN(C)c1ccccc1)NCC(C)C.I. The molecule has 1 aromatic carbocycles. The molecule has 1 rings (SSSR count). The second-order valence-corrected chi connectivity index (χ2v) is 5.03. The molecule has 0 unspecified atom stereocenters. The minimum absolute atomic E-state index is 0. The van der Waals surface area contributed by atoms with E-state index in [1.54, 1.807) is 7.05 Å². The van der Waals surface area contributed by atoms with Crippen LogP contribution in [0.1, 0.15) is 13.8 Å². The normalized spacial score (nSPS) is 10.9. The van der Waals surface area contributed by atoms with Crippen molar-refractivity contribution in [3.05, 3.63) is 30.3 Å². The van der Waals surface area contributed by atoms with Crippen LogP contribution in [0.25, 0.3) is 0 Å². The van der Waals surface area contributed by atoms with Crippen LogP contribution in [-0.4, -0.2) is 39.7 Å². The number of benzene rings is 1. The summed E-state index contributed by atoms with van der Waals surface area (Å²) in [5, 5.41) is 6.63. The van der Waals surface area contributed by atoms with Crippen LogP contribution in [0.5, 0.6) is 0 Å². The van der Waals surface area contributed by atoms with Crippen LogP contribution < -0.4 is 15.5 Å². The Labute approximate surface area is 140 Å². The van der Waals surface area contributed by atoms with Gasteiger partial charge >= 0.3 is 0 Å². The number of anilines is 1. The number of halogens is 1. The predicted octanol–water partition coefficient (Wildman–Crippen LogP) is 2.56. The Balaban J connectivity index is 0.00000361. The van der Waals surface area contributed by atoms with Crippen molar-refractivity contribution in [3.63, 3.8) is 0 Å². The number of nitrogens with zero attached hydrogens (tertiary/aromatic N) is 2. The van der Waals surface area contributed by atoms with E-state index in [0.29, 0.717) is 5.92 Å². The van der Waals surface area contributed by atoms with E-state index in [4.69, 9.17) is 0 Å². The van der Waals surface area contributed by atoms with Gasteiger partial charge in [0.05, 0.1) is 0 Å². The Morgan fingerprint density at radius 2 is 1.85 bits per heavy atom. The first-order valence-corrected chi connectivity index (χ1v) is 6.84. The predicted molar refractivity (Wildman–Crippen MR) is 99.3 cm³/mol. The Morgan fingerprint density at radius 3 is 2.40 bits per heavy atom. The summed E-state index contributed by atoms with van der Waals surface area (Å²) in [5.74, 6) is 1.49. The Bertz CT molecular complexity index is 379. The third-order valence-corrected chi connectivity index (χ3v) is 2.84. The van der Waals surface area contributed by atoms with Crippen molar-refractivity contribution in [2.75, 3.05) is 38.6 Å². The maximum Gasteiger partial charge on any atom is 0.191 e. The lowest BCUT2D eigenvalue weighted by molar-refractivity contribution is 0.614. The van der Waals surface area contributed by atoms with Gasteiger partial charge in [0.1, 0.15) is 0 Å². The maximum absolute atomic E-state index is 4.21.